The number of rotatable bonds is 6. The van der Waals surface area contributed by atoms with E-state index in [1.165, 1.54) is 43.2 Å². The van der Waals surface area contributed by atoms with Gasteiger partial charge in [0.15, 0.2) is 0 Å². The Morgan fingerprint density at radius 2 is 1.94 bits per heavy atom. The lowest BCUT2D eigenvalue weighted by atomic mass is 9.92. The van der Waals surface area contributed by atoms with Gasteiger partial charge in [0.05, 0.1) is 6.61 Å². The molecule has 100 valence electrons. The van der Waals surface area contributed by atoms with E-state index in [4.69, 9.17) is 4.74 Å². The normalized spacial score (nSPS) is 16.1. The fourth-order valence-corrected chi connectivity index (χ4v) is 3.29. The monoisotopic (exact) mass is 310 g/mol. The zero-order valence-corrected chi connectivity index (χ0v) is 12.8. The highest BCUT2D eigenvalue weighted by atomic mass is 79.9. The van der Waals surface area contributed by atoms with Crippen molar-refractivity contribution in [3.8, 4) is 5.75 Å². The quantitative estimate of drug-likeness (QED) is 0.689. The molecule has 0 saturated carbocycles. The molecule has 0 aromatic heterocycles. The Morgan fingerprint density at radius 1 is 1.17 bits per heavy atom. The molecule has 1 aromatic rings. The molecule has 2 rings (SSSR count). The number of halogens is 1. The summed E-state index contributed by atoms with van der Waals surface area (Å²) in [5.41, 5.74) is 3.04. The number of hydrogen-bond acceptors (Lipinski definition) is 1. The molecule has 0 bridgehead atoms. The highest BCUT2D eigenvalue weighted by Crippen LogP contribution is 2.25. The van der Waals surface area contributed by atoms with E-state index >= 15 is 0 Å². The van der Waals surface area contributed by atoms with Gasteiger partial charge in [-0.2, -0.15) is 0 Å². The average Bonchev–Trinajstić information content (AvgIpc) is 2.39. The van der Waals surface area contributed by atoms with Crippen LogP contribution in [0.4, 0.5) is 0 Å². The summed E-state index contributed by atoms with van der Waals surface area (Å²) in [5.74, 6) is 1.80. The highest BCUT2D eigenvalue weighted by molar-refractivity contribution is 9.09. The van der Waals surface area contributed by atoms with Crippen LogP contribution in [0.15, 0.2) is 18.2 Å². The van der Waals surface area contributed by atoms with Crippen molar-refractivity contribution in [2.45, 2.75) is 45.4 Å². The summed E-state index contributed by atoms with van der Waals surface area (Å²) < 4.78 is 5.87. The van der Waals surface area contributed by atoms with Crippen LogP contribution < -0.4 is 4.74 Å². The minimum Gasteiger partial charge on any atom is -0.494 e. The number of aryl methyl sites for hydroxylation is 2. The van der Waals surface area contributed by atoms with Crippen LogP contribution in [0.1, 0.15) is 43.7 Å². The van der Waals surface area contributed by atoms with E-state index in [0.29, 0.717) is 0 Å². The minimum absolute atomic E-state index is 0.738. The van der Waals surface area contributed by atoms with Crippen LogP contribution in [0, 0.1) is 5.92 Å². The number of fused-ring (bicyclic) bond motifs is 1. The molecule has 0 N–H and O–H groups in total. The molecule has 1 unspecified atom stereocenters. The van der Waals surface area contributed by atoms with Gasteiger partial charge in [-0.15, -0.1) is 0 Å². The van der Waals surface area contributed by atoms with Gasteiger partial charge in [0, 0.05) is 5.33 Å². The Kier molecular flexibility index (Phi) is 5.55. The van der Waals surface area contributed by atoms with Crippen molar-refractivity contribution in [2.24, 2.45) is 5.92 Å². The van der Waals surface area contributed by atoms with Crippen molar-refractivity contribution < 1.29 is 4.74 Å². The van der Waals surface area contributed by atoms with Crippen LogP contribution in [0.25, 0.3) is 0 Å². The smallest absolute Gasteiger partial charge is 0.119 e. The number of alkyl halides is 1. The predicted octanol–water partition coefficient (Wildman–Crippen LogP) is 4.76. The van der Waals surface area contributed by atoms with Crippen LogP contribution in [-0.4, -0.2) is 11.9 Å². The first-order valence-corrected chi connectivity index (χ1v) is 8.22. The Labute approximate surface area is 119 Å². The van der Waals surface area contributed by atoms with Crippen molar-refractivity contribution in [3.63, 3.8) is 0 Å². The van der Waals surface area contributed by atoms with E-state index in [1.807, 2.05) is 0 Å². The summed E-state index contributed by atoms with van der Waals surface area (Å²) >= 11 is 3.49. The fraction of sp³-hybridized carbons (Fsp3) is 0.625. The van der Waals surface area contributed by atoms with Crippen LogP contribution in [0.2, 0.25) is 0 Å². The van der Waals surface area contributed by atoms with Crippen molar-refractivity contribution in [2.75, 3.05) is 11.9 Å². The Morgan fingerprint density at radius 3 is 2.72 bits per heavy atom. The van der Waals surface area contributed by atoms with Crippen LogP contribution >= 0.6 is 15.9 Å². The van der Waals surface area contributed by atoms with Gasteiger partial charge in [0.2, 0.25) is 0 Å². The van der Waals surface area contributed by atoms with Crippen molar-refractivity contribution in [3.05, 3.63) is 29.3 Å². The molecule has 2 heteroatoms. The summed E-state index contributed by atoms with van der Waals surface area (Å²) in [4.78, 5) is 0. The fourth-order valence-electron chi connectivity index (χ4n) is 2.51. The molecule has 0 radical (unpaired) electrons. The average molecular weight is 311 g/mol. The maximum atomic E-state index is 5.87. The molecule has 0 spiro atoms. The van der Waals surface area contributed by atoms with E-state index in [0.717, 1.165) is 30.0 Å². The van der Waals surface area contributed by atoms with E-state index in [-0.39, 0.29) is 0 Å². The van der Waals surface area contributed by atoms with Crippen LogP contribution in [-0.2, 0) is 12.8 Å². The molecular formula is C16H23BrO. The molecule has 0 aliphatic heterocycles. The molecular weight excluding hydrogens is 288 g/mol. The number of ether oxygens (including phenoxy) is 1. The molecule has 0 heterocycles. The van der Waals surface area contributed by atoms with Gasteiger partial charge in [-0.3, -0.25) is 0 Å². The van der Waals surface area contributed by atoms with E-state index in [1.54, 1.807) is 0 Å². The van der Waals surface area contributed by atoms with Gasteiger partial charge in [-0.25, -0.2) is 0 Å². The SMILES string of the molecule is CC(CCBr)CCOc1ccc2c(c1)CCCC2. The van der Waals surface area contributed by atoms with Gasteiger partial charge in [-0.1, -0.05) is 28.9 Å². The third kappa shape index (κ3) is 4.01. The van der Waals surface area contributed by atoms with Crippen LogP contribution in [0.3, 0.4) is 0 Å². The number of hydrogen-bond donors (Lipinski definition) is 0. The molecule has 1 atom stereocenters. The third-order valence-corrected chi connectivity index (χ3v) is 4.26. The summed E-state index contributed by atoms with van der Waals surface area (Å²) in [6.07, 6.45) is 7.52. The van der Waals surface area contributed by atoms with E-state index in [2.05, 4.69) is 41.1 Å². The number of benzene rings is 1. The molecule has 18 heavy (non-hydrogen) atoms. The Hall–Kier alpha value is -0.500. The first-order valence-electron chi connectivity index (χ1n) is 7.10. The van der Waals surface area contributed by atoms with E-state index < -0.39 is 0 Å². The van der Waals surface area contributed by atoms with Gasteiger partial charge in [0.25, 0.3) is 0 Å². The topological polar surface area (TPSA) is 9.23 Å². The Balaban J connectivity index is 1.82. The lowest BCUT2D eigenvalue weighted by molar-refractivity contribution is 0.282. The minimum atomic E-state index is 0.738. The maximum absolute atomic E-state index is 5.87. The molecule has 1 aromatic carbocycles. The Bertz CT molecular complexity index is 375. The van der Waals surface area contributed by atoms with Crippen LogP contribution in [0.5, 0.6) is 5.75 Å². The van der Waals surface area contributed by atoms with Crippen molar-refractivity contribution in [1.29, 1.82) is 0 Å². The molecule has 0 amide bonds. The van der Waals surface area contributed by atoms with Crippen molar-refractivity contribution >= 4 is 15.9 Å². The lowest BCUT2D eigenvalue weighted by Crippen LogP contribution is -2.06. The molecule has 0 saturated heterocycles. The largest absolute Gasteiger partial charge is 0.494 e. The zero-order chi connectivity index (χ0) is 12.8. The first kappa shape index (κ1) is 13.9. The molecule has 1 aliphatic rings. The molecule has 0 fully saturated rings. The molecule has 1 aliphatic carbocycles. The highest BCUT2D eigenvalue weighted by Gasteiger charge is 2.10. The summed E-state index contributed by atoms with van der Waals surface area (Å²) in [6, 6.07) is 6.65. The van der Waals surface area contributed by atoms with Gasteiger partial charge >= 0.3 is 0 Å². The summed E-state index contributed by atoms with van der Waals surface area (Å²) in [7, 11) is 0. The van der Waals surface area contributed by atoms with Gasteiger partial charge < -0.3 is 4.74 Å². The molecule has 1 nitrogen and oxygen atoms in total. The lowest BCUT2D eigenvalue weighted by Gasteiger charge is -2.17. The van der Waals surface area contributed by atoms with Gasteiger partial charge in [-0.05, 0) is 67.7 Å². The first-order chi connectivity index (χ1) is 8.79. The van der Waals surface area contributed by atoms with Gasteiger partial charge in [0.1, 0.15) is 5.75 Å². The standard InChI is InChI=1S/C16H23BrO/c1-13(8-10-17)9-11-18-16-7-6-14-4-2-3-5-15(14)12-16/h6-7,12-13H,2-5,8-11H2,1H3. The second-order valence-corrected chi connectivity index (χ2v) is 6.15. The third-order valence-electron chi connectivity index (χ3n) is 3.80. The second-order valence-electron chi connectivity index (χ2n) is 5.36. The van der Waals surface area contributed by atoms with Crippen molar-refractivity contribution in [1.82, 2.24) is 0 Å². The second kappa shape index (κ2) is 7.18. The summed E-state index contributed by atoms with van der Waals surface area (Å²) in [6.45, 7) is 3.13. The maximum Gasteiger partial charge on any atom is 0.119 e. The predicted molar refractivity (Wildman–Crippen MR) is 80.8 cm³/mol. The van der Waals surface area contributed by atoms with E-state index in [9.17, 15) is 0 Å². The zero-order valence-electron chi connectivity index (χ0n) is 11.3. The summed E-state index contributed by atoms with van der Waals surface area (Å²) in [5, 5.41) is 1.09.